The Hall–Kier alpha value is -2.25. The van der Waals surface area contributed by atoms with Crippen LogP contribution in [0.1, 0.15) is 17.5 Å². The van der Waals surface area contributed by atoms with Gasteiger partial charge in [0, 0.05) is 37.7 Å². The molecule has 0 radical (unpaired) electrons. The highest BCUT2D eigenvalue weighted by atomic mass is 32.2. The third kappa shape index (κ3) is 3.95. The van der Waals surface area contributed by atoms with Crippen LogP contribution in [0.15, 0.2) is 48.8 Å². The smallest absolute Gasteiger partial charge is 0.227 e. The first-order valence-corrected chi connectivity index (χ1v) is 11.3. The van der Waals surface area contributed by atoms with Gasteiger partial charge in [0.05, 0.1) is 22.9 Å². The van der Waals surface area contributed by atoms with Crippen molar-refractivity contribution in [3.63, 3.8) is 0 Å². The number of hydrogen-bond acceptors (Lipinski definition) is 5. The Morgan fingerprint density at radius 1 is 1.25 bits per heavy atom. The van der Waals surface area contributed by atoms with Crippen LogP contribution >= 0.6 is 0 Å². The van der Waals surface area contributed by atoms with Crippen LogP contribution in [0.4, 0.5) is 5.69 Å². The minimum absolute atomic E-state index is 0.0809. The maximum atomic E-state index is 12.9. The van der Waals surface area contributed by atoms with E-state index >= 15 is 0 Å². The van der Waals surface area contributed by atoms with Crippen LogP contribution in [0.25, 0.3) is 0 Å². The first kappa shape index (κ1) is 19.1. The van der Waals surface area contributed by atoms with Crippen molar-refractivity contribution in [3.8, 4) is 0 Å². The summed E-state index contributed by atoms with van der Waals surface area (Å²) in [5.41, 5.74) is 3.01. The summed E-state index contributed by atoms with van der Waals surface area (Å²) in [6.45, 7) is 3.89. The van der Waals surface area contributed by atoms with Gasteiger partial charge >= 0.3 is 0 Å². The molecule has 2 saturated heterocycles. The van der Waals surface area contributed by atoms with Gasteiger partial charge in [-0.2, -0.15) is 0 Å². The van der Waals surface area contributed by atoms with Gasteiger partial charge < -0.3 is 5.32 Å². The molecule has 0 bridgehead atoms. The van der Waals surface area contributed by atoms with Gasteiger partial charge in [-0.3, -0.25) is 14.7 Å². The minimum Gasteiger partial charge on any atom is -0.324 e. The van der Waals surface area contributed by atoms with E-state index in [1.54, 1.807) is 24.5 Å². The van der Waals surface area contributed by atoms with E-state index < -0.39 is 15.1 Å². The number of carbonyl (C=O) groups is 1. The minimum atomic E-state index is -3.17. The summed E-state index contributed by atoms with van der Waals surface area (Å²) in [4.78, 5) is 19.1. The molecular formula is C21H25N3O3S. The molecule has 7 heteroatoms. The Balaban J connectivity index is 1.51. The lowest BCUT2D eigenvalue weighted by atomic mass is 9.87. The number of sulfone groups is 1. The maximum absolute atomic E-state index is 12.9. The molecule has 0 spiro atoms. The number of amides is 1. The van der Waals surface area contributed by atoms with Gasteiger partial charge in [-0.15, -0.1) is 0 Å². The zero-order valence-corrected chi connectivity index (χ0v) is 16.7. The van der Waals surface area contributed by atoms with Crippen LogP contribution in [-0.4, -0.2) is 48.3 Å². The Morgan fingerprint density at radius 2 is 2.11 bits per heavy atom. The Morgan fingerprint density at radius 3 is 2.86 bits per heavy atom. The molecule has 1 aromatic heterocycles. The normalized spacial score (nSPS) is 26.5. The fraction of sp³-hybridized carbons (Fsp3) is 0.429. The van der Waals surface area contributed by atoms with Gasteiger partial charge in [0.2, 0.25) is 5.91 Å². The lowest BCUT2D eigenvalue weighted by Gasteiger charge is -2.31. The van der Waals surface area contributed by atoms with Crippen molar-refractivity contribution >= 4 is 21.4 Å². The molecule has 0 unspecified atom stereocenters. The number of pyridine rings is 1. The SMILES string of the molecule is Cc1cccc(CN2C[C@H]3[C@@H](C2)S(=O)(=O)CC[C@H]3C(=O)Nc2cccnc2)c1. The largest absolute Gasteiger partial charge is 0.324 e. The molecule has 6 nitrogen and oxygen atoms in total. The number of aryl methyl sites for hydroxylation is 1. The van der Waals surface area contributed by atoms with Crippen LogP contribution in [0.2, 0.25) is 0 Å². The van der Waals surface area contributed by atoms with E-state index in [4.69, 9.17) is 0 Å². The summed E-state index contributed by atoms with van der Waals surface area (Å²) >= 11 is 0. The second-order valence-electron chi connectivity index (χ2n) is 7.88. The van der Waals surface area contributed by atoms with Crippen LogP contribution < -0.4 is 5.32 Å². The van der Waals surface area contributed by atoms with E-state index in [0.29, 0.717) is 31.7 Å². The van der Waals surface area contributed by atoms with Crippen molar-refractivity contribution in [2.24, 2.45) is 11.8 Å². The number of fused-ring (bicyclic) bond motifs is 1. The van der Waals surface area contributed by atoms with Crippen molar-refractivity contribution in [2.45, 2.75) is 25.1 Å². The van der Waals surface area contributed by atoms with Crippen LogP contribution in [0.3, 0.4) is 0 Å². The number of aromatic nitrogens is 1. The highest BCUT2D eigenvalue weighted by Crippen LogP contribution is 2.38. The maximum Gasteiger partial charge on any atom is 0.227 e. The van der Waals surface area contributed by atoms with Crippen molar-refractivity contribution in [1.82, 2.24) is 9.88 Å². The van der Waals surface area contributed by atoms with Gasteiger partial charge in [-0.1, -0.05) is 29.8 Å². The van der Waals surface area contributed by atoms with Gasteiger partial charge in [-0.25, -0.2) is 8.42 Å². The van der Waals surface area contributed by atoms with Gasteiger partial charge in [0.25, 0.3) is 0 Å². The molecule has 28 heavy (non-hydrogen) atoms. The molecule has 1 N–H and O–H groups in total. The first-order chi connectivity index (χ1) is 13.4. The number of carbonyl (C=O) groups excluding carboxylic acids is 1. The highest BCUT2D eigenvalue weighted by Gasteiger charge is 2.50. The second kappa shape index (κ2) is 7.64. The summed E-state index contributed by atoms with van der Waals surface area (Å²) in [5, 5.41) is 2.45. The monoisotopic (exact) mass is 399 g/mol. The van der Waals surface area contributed by atoms with E-state index in [9.17, 15) is 13.2 Å². The third-order valence-corrected chi connectivity index (χ3v) is 8.06. The summed E-state index contributed by atoms with van der Waals surface area (Å²) in [7, 11) is -3.17. The van der Waals surface area contributed by atoms with E-state index in [-0.39, 0.29) is 23.5 Å². The lowest BCUT2D eigenvalue weighted by molar-refractivity contribution is -0.121. The molecule has 2 fully saturated rings. The van der Waals surface area contributed by atoms with Crippen molar-refractivity contribution in [3.05, 3.63) is 59.9 Å². The molecule has 3 heterocycles. The number of hydrogen-bond donors (Lipinski definition) is 1. The molecule has 2 aliphatic rings. The van der Waals surface area contributed by atoms with Crippen molar-refractivity contribution < 1.29 is 13.2 Å². The molecule has 1 amide bonds. The second-order valence-corrected chi connectivity index (χ2v) is 10.2. The summed E-state index contributed by atoms with van der Waals surface area (Å²) in [5.74, 6) is -0.482. The number of nitrogens with zero attached hydrogens (tertiary/aromatic N) is 2. The topological polar surface area (TPSA) is 79.4 Å². The molecule has 3 atom stereocenters. The van der Waals surface area contributed by atoms with Crippen LogP contribution in [-0.2, 0) is 21.2 Å². The predicted octanol–water partition coefficient (Wildman–Crippen LogP) is 2.26. The zero-order valence-electron chi connectivity index (χ0n) is 15.9. The fourth-order valence-corrected chi connectivity index (χ4v) is 6.63. The van der Waals surface area contributed by atoms with Gasteiger partial charge in [-0.05, 0) is 31.0 Å². The van der Waals surface area contributed by atoms with Gasteiger partial charge in [0.1, 0.15) is 0 Å². The quantitative estimate of drug-likeness (QED) is 0.853. The Kier molecular flexibility index (Phi) is 5.21. The third-order valence-electron chi connectivity index (χ3n) is 5.83. The van der Waals surface area contributed by atoms with E-state index in [1.807, 2.05) is 6.07 Å². The van der Waals surface area contributed by atoms with E-state index in [0.717, 1.165) is 0 Å². The fourth-order valence-electron chi connectivity index (χ4n) is 4.50. The van der Waals surface area contributed by atoms with E-state index in [2.05, 4.69) is 40.3 Å². The predicted molar refractivity (Wildman–Crippen MR) is 108 cm³/mol. The summed E-state index contributed by atoms with van der Waals surface area (Å²) in [6, 6.07) is 11.8. The van der Waals surface area contributed by atoms with Crippen molar-refractivity contribution in [2.75, 3.05) is 24.2 Å². The van der Waals surface area contributed by atoms with Crippen LogP contribution in [0, 0.1) is 18.8 Å². The highest BCUT2D eigenvalue weighted by molar-refractivity contribution is 7.92. The van der Waals surface area contributed by atoms with Crippen LogP contribution in [0.5, 0.6) is 0 Å². The van der Waals surface area contributed by atoms with E-state index in [1.165, 1.54) is 11.1 Å². The first-order valence-electron chi connectivity index (χ1n) is 9.63. The molecule has 148 valence electrons. The standard InChI is InChI=1S/C21H25N3O3S/c1-15-4-2-5-16(10-15)12-24-13-19-18(7-9-28(26,27)20(19)14-24)21(25)23-17-6-3-8-22-11-17/h2-6,8,10-11,18-20H,7,9,12-14H2,1H3,(H,23,25)/t18-,19-,20-/m1/s1. The lowest BCUT2D eigenvalue weighted by Crippen LogP contribution is -2.45. The summed E-state index contributed by atoms with van der Waals surface area (Å²) in [6.07, 6.45) is 3.64. The Labute approximate surface area is 165 Å². The summed E-state index contributed by atoms with van der Waals surface area (Å²) < 4.78 is 25.3. The molecule has 0 aliphatic carbocycles. The Bertz CT molecular complexity index is 962. The number of likely N-dealkylation sites (tertiary alicyclic amines) is 1. The van der Waals surface area contributed by atoms with Crippen molar-refractivity contribution in [1.29, 1.82) is 0 Å². The molecular weight excluding hydrogens is 374 g/mol. The number of rotatable bonds is 4. The molecule has 2 aliphatic heterocycles. The zero-order chi connectivity index (χ0) is 19.7. The average Bonchev–Trinajstić information content (AvgIpc) is 3.07. The average molecular weight is 400 g/mol. The molecule has 0 saturated carbocycles. The molecule has 4 rings (SSSR count). The molecule has 2 aromatic rings. The number of nitrogens with one attached hydrogen (secondary N) is 1. The number of anilines is 1. The van der Waals surface area contributed by atoms with Gasteiger partial charge in [0.15, 0.2) is 9.84 Å². The molecule has 1 aromatic carbocycles. The number of benzene rings is 1.